The summed E-state index contributed by atoms with van der Waals surface area (Å²) in [6.45, 7) is 9.57. The summed E-state index contributed by atoms with van der Waals surface area (Å²) in [5.41, 5.74) is 1.39. The van der Waals surface area contributed by atoms with Gasteiger partial charge in [0.05, 0.1) is 46.2 Å². The lowest BCUT2D eigenvalue weighted by Crippen LogP contribution is -2.22. The van der Waals surface area contributed by atoms with Gasteiger partial charge in [-0.3, -0.25) is 0 Å². The van der Waals surface area contributed by atoms with E-state index in [0.717, 1.165) is 39.1 Å². The highest BCUT2D eigenvalue weighted by Gasteiger charge is 2.02. The highest BCUT2D eigenvalue weighted by Crippen LogP contribution is 2.04. The molecule has 0 radical (unpaired) electrons. The second-order valence-corrected chi connectivity index (χ2v) is 5.06. The summed E-state index contributed by atoms with van der Waals surface area (Å²) in [4.78, 5) is 0. The van der Waals surface area contributed by atoms with Crippen LogP contribution in [0.2, 0.25) is 0 Å². The predicted octanol–water partition coefficient (Wildman–Crippen LogP) is 1.77. The zero-order valence-electron chi connectivity index (χ0n) is 13.4. The SMILES string of the molecule is CCCCOCCOCCOCCOCC1=CCNCC1. The fourth-order valence-electron chi connectivity index (χ4n) is 1.91. The van der Waals surface area contributed by atoms with Gasteiger partial charge in [-0.05, 0) is 25.0 Å². The fraction of sp³-hybridized carbons (Fsp3) is 0.875. The van der Waals surface area contributed by atoms with E-state index in [0.29, 0.717) is 39.6 Å². The maximum Gasteiger partial charge on any atom is 0.0704 e. The normalized spacial score (nSPS) is 15.2. The molecule has 0 spiro atoms. The van der Waals surface area contributed by atoms with Gasteiger partial charge in [-0.15, -0.1) is 0 Å². The van der Waals surface area contributed by atoms with Gasteiger partial charge in [0, 0.05) is 13.2 Å². The Morgan fingerprint density at radius 3 is 2.10 bits per heavy atom. The first-order chi connectivity index (χ1) is 10.4. The van der Waals surface area contributed by atoms with Crippen LogP contribution in [0.3, 0.4) is 0 Å². The quantitative estimate of drug-likeness (QED) is 0.391. The average Bonchev–Trinajstić information content (AvgIpc) is 2.53. The number of ether oxygens (including phenoxy) is 4. The summed E-state index contributed by atoms with van der Waals surface area (Å²) in [5, 5.41) is 3.28. The summed E-state index contributed by atoms with van der Waals surface area (Å²) in [7, 11) is 0. The van der Waals surface area contributed by atoms with Gasteiger partial charge in [-0.25, -0.2) is 0 Å². The Hall–Kier alpha value is -0.460. The predicted molar refractivity (Wildman–Crippen MR) is 83.8 cm³/mol. The van der Waals surface area contributed by atoms with E-state index in [1.165, 1.54) is 12.0 Å². The van der Waals surface area contributed by atoms with Crippen molar-refractivity contribution < 1.29 is 18.9 Å². The van der Waals surface area contributed by atoms with E-state index in [4.69, 9.17) is 18.9 Å². The highest BCUT2D eigenvalue weighted by molar-refractivity contribution is 5.06. The standard InChI is InChI=1S/C16H31NO4/c1-2-3-8-18-9-10-19-11-12-20-13-14-21-15-16-4-6-17-7-5-16/h4,17H,2-3,5-15H2,1H3. The molecule has 0 aromatic rings. The topological polar surface area (TPSA) is 49.0 Å². The molecule has 0 bridgehead atoms. The van der Waals surface area contributed by atoms with Crippen molar-refractivity contribution in [3.63, 3.8) is 0 Å². The van der Waals surface area contributed by atoms with E-state index >= 15 is 0 Å². The van der Waals surface area contributed by atoms with Gasteiger partial charge in [0.2, 0.25) is 0 Å². The van der Waals surface area contributed by atoms with Crippen molar-refractivity contribution >= 4 is 0 Å². The maximum atomic E-state index is 5.57. The molecule has 1 N–H and O–H groups in total. The summed E-state index contributed by atoms with van der Waals surface area (Å²) in [5.74, 6) is 0. The lowest BCUT2D eigenvalue weighted by Gasteiger charge is -2.14. The molecule has 1 aliphatic heterocycles. The van der Waals surface area contributed by atoms with Gasteiger partial charge in [0.1, 0.15) is 0 Å². The molecule has 0 aliphatic carbocycles. The largest absolute Gasteiger partial charge is 0.379 e. The second-order valence-electron chi connectivity index (χ2n) is 5.06. The smallest absolute Gasteiger partial charge is 0.0704 e. The van der Waals surface area contributed by atoms with Crippen LogP contribution in [0.1, 0.15) is 26.2 Å². The van der Waals surface area contributed by atoms with Crippen molar-refractivity contribution in [2.45, 2.75) is 26.2 Å². The van der Waals surface area contributed by atoms with E-state index in [2.05, 4.69) is 18.3 Å². The Kier molecular flexibility index (Phi) is 12.8. The molecule has 1 aliphatic rings. The maximum absolute atomic E-state index is 5.57. The summed E-state index contributed by atoms with van der Waals surface area (Å²) in [6.07, 6.45) is 5.59. The summed E-state index contributed by atoms with van der Waals surface area (Å²) >= 11 is 0. The second kappa shape index (κ2) is 14.5. The third-order valence-electron chi connectivity index (χ3n) is 3.20. The van der Waals surface area contributed by atoms with E-state index in [1.807, 2.05) is 0 Å². The third-order valence-corrected chi connectivity index (χ3v) is 3.20. The van der Waals surface area contributed by atoms with Gasteiger partial charge in [0.15, 0.2) is 0 Å². The molecular weight excluding hydrogens is 270 g/mol. The zero-order valence-corrected chi connectivity index (χ0v) is 13.4. The minimum Gasteiger partial charge on any atom is -0.379 e. The lowest BCUT2D eigenvalue weighted by molar-refractivity contribution is -0.0000532. The molecule has 0 amide bonds. The van der Waals surface area contributed by atoms with Crippen LogP contribution < -0.4 is 5.32 Å². The third kappa shape index (κ3) is 11.8. The Balaban J connectivity index is 1.71. The molecule has 0 unspecified atom stereocenters. The molecule has 124 valence electrons. The molecule has 1 heterocycles. The minimum atomic E-state index is 0.616. The van der Waals surface area contributed by atoms with Gasteiger partial charge in [-0.2, -0.15) is 0 Å². The molecule has 0 saturated heterocycles. The van der Waals surface area contributed by atoms with Gasteiger partial charge in [-0.1, -0.05) is 19.4 Å². The molecule has 5 nitrogen and oxygen atoms in total. The fourth-order valence-corrected chi connectivity index (χ4v) is 1.91. The molecular formula is C16H31NO4. The van der Waals surface area contributed by atoms with Crippen LogP contribution >= 0.6 is 0 Å². The first-order valence-corrected chi connectivity index (χ1v) is 8.13. The van der Waals surface area contributed by atoms with Crippen LogP contribution in [0.5, 0.6) is 0 Å². The van der Waals surface area contributed by atoms with Crippen molar-refractivity contribution in [2.24, 2.45) is 0 Å². The average molecular weight is 301 g/mol. The van der Waals surface area contributed by atoms with E-state index in [9.17, 15) is 0 Å². The number of rotatable bonds is 14. The molecule has 21 heavy (non-hydrogen) atoms. The monoisotopic (exact) mass is 301 g/mol. The highest BCUT2D eigenvalue weighted by atomic mass is 16.6. The molecule has 0 fully saturated rings. The van der Waals surface area contributed by atoms with Crippen molar-refractivity contribution in [1.82, 2.24) is 5.32 Å². The van der Waals surface area contributed by atoms with Crippen molar-refractivity contribution in [3.05, 3.63) is 11.6 Å². The first-order valence-electron chi connectivity index (χ1n) is 8.13. The molecule has 5 heteroatoms. The lowest BCUT2D eigenvalue weighted by atomic mass is 10.1. The van der Waals surface area contributed by atoms with Gasteiger partial charge < -0.3 is 24.3 Å². The molecule has 0 aromatic heterocycles. The van der Waals surface area contributed by atoms with Crippen LogP contribution in [0.25, 0.3) is 0 Å². The summed E-state index contributed by atoms with van der Waals surface area (Å²) < 4.78 is 21.8. The van der Waals surface area contributed by atoms with E-state index in [-0.39, 0.29) is 0 Å². The van der Waals surface area contributed by atoms with Crippen molar-refractivity contribution in [1.29, 1.82) is 0 Å². The van der Waals surface area contributed by atoms with Crippen LogP contribution in [0.4, 0.5) is 0 Å². The Morgan fingerprint density at radius 2 is 1.52 bits per heavy atom. The Morgan fingerprint density at radius 1 is 0.905 bits per heavy atom. The van der Waals surface area contributed by atoms with Crippen molar-refractivity contribution in [2.75, 3.05) is 65.9 Å². The summed E-state index contributed by atoms with van der Waals surface area (Å²) in [6, 6.07) is 0. The van der Waals surface area contributed by atoms with Crippen molar-refractivity contribution in [3.8, 4) is 0 Å². The van der Waals surface area contributed by atoms with Crippen LogP contribution in [0, 0.1) is 0 Å². The minimum absolute atomic E-state index is 0.616. The number of unbranched alkanes of at least 4 members (excludes halogenated alkanes) is 1. The molecule has 0 saturated carbocycles. The van der Waals surface area contributed by atoms with Crippen LogP contribution in [0.15, 0.2) is 11.6 Å². The number of hydrogen-bond donors (Lipinski definition) is 1. The van der Waals surface area contributed by atoms with Crippen LogP contribution in [-0.4, -0.2) is 65.9 Å². The van der Waals surface area contributed by atoms with Gasteiger partial charge >= 0.3 is 0 Å². The molecule has 0 atom stereocenters. The number of nitrogens with one attached hydrogen (secondary N) is 1. The Bertz CT molecular complexity index is 259. The van der Waals surface area contributed by atoms with E-state index < -0.39 is 0 Å². The molecule has 1 rings (SSSR count). The van der Waals surface area contributed by atoms with Crippen LogP contribution in [-0.2, 0) is 18.9 Å². The zero-order chi connectivity index (χ0) is 15.0. The first kappa shape index (κ1) is 18.6. The Labute approximate surface area is 129 Å². The van der Waals surface area contributed by atoms with E-state index in [1.54, 1.807) is 0 Å². The number of hydrogen-bond acceptors (Lipinski definition) is 5. The molecule has 0 aromatic carbocycles. The van der Waals surface area contributed by atoms with Gasteiger partial charge in [0.25, 0.3) is 0 Å².